The van der Waals surface area contributed by atoms with Crippen molar-refractivity contribution in [2.24, 2.45) is 5.92 Å². The van der Waals surface area contributed by atoms with Crippen LogP contribution in [0.3, 0.4) is 0 Å². The first-order valence-electron chi connectivity index (χ1n) is 7.85. The summed E-state index contributed by atoms with van der Waals surface area (Å²) in [5, 5.41) is 3.52. The Balaban J connectivity index is 1.87. The molecule has 4 atom stereocenters. The number of piperidine rings is 1. The summed E-state index contributed by atoms with van der Waals surface area (Å²) in [7, 11) is 2.07. The number of para-hydroxylation sites is 1. The zero-order chi connectivity index (χ0) is 14.1. The van der Waals surface area contributed by atoms with Crippen molar-refractivity contribution in [1.82, 2.24) is 10.2 Å². The number of rotatable bonds is 2. The number of likely N-dealkylation sites (N-methyl/N-ethyl adjacent to an activating group) is 1. The number of nitrogens with zero attached hydrogens (tertiary/aromatic N) is 1. The summed E-state index contributed by atoms with van der Waals surface area (Å²) >= 11 is 0. The van der Waals surface area contributed by atoms with E-state index >= 15 is 0 Å². The van der Waals surface area contributed by atoms with Crippen LogP contribution in [0.5, 0.6) is 5.75 Å². The van der Waals surface area contributed by atoms with Crippen molar-refractivity contribution in [3.05, 3.63) is 29.8 Å². The monoisotopic (exact) mass is 274 g/mol. The second-order valence-electron chi connectivity index (χ2n) is 6.41. The molecule has 0 spiro atoms. The molecule has 0 saturated carbocycles. The molecule has 1 saturated heterocycles. The Labute approximate surface area is 122 Å². The summed E-state index contributed by atoms with van der Waals surface area (Å²) in [4.78, 5) is 2.66. The third-order valence-corrected chi connectivity index (χ3v) is 4.95. The van der Waals surface area contributed by atoms with Crippen LogP contribution < -0.4 is 10.1 Å². The van der Waals surface area contributed by atoms with Crippen molar-refractivity contribution in [1.29, 1.82) is 0 Å². The highest BCUT2D eigenvalue weighted by Crippen LogP contribution is 2.36. The van der Waals surface area contributed by atoms with Gasteiger partial charge >= 0.3 is 0 Å². The zero-order valence-electron chi connectivity index (χ0n) is 12.8. The van der Waals surface area contributed by atoms with E-state index in [2.05, 4.69) is 55.4 Å². The molecule has 1 aromatic carbocycles. The van der Waals surface area contributed by atoms with Crippen LogP contribution in [-0.2, 0) is 0 Å². The molecule has 1 N–H and O–H groups in total. The summed E-state index contributed by atoms with van der Waals surface area (Å²) in [6.07, 6.45) is 2.65. The van der Waals surface area contributed by atoms with E-state index in [1.807, 2.05) is 0 Å². The predicted molar refractivity (Wildman–Crippen MR) is 82.1 cm³/mol. The Morgan fingerprint density at radius 2 is 2.00 bits per heavy atom. The molecule has 0 aromatic heterocycles. The van der Waals surface area contributed by atoms with E-state index in [1.54, 1.807) is 0 Å². The van der Waals surface area contributed by atoms with Gasteiger partial charge in [-0.05, 0) is 38.8 Å². The summed E-state index contributed by atoms with van der Waals surface area (Å²) in [5.41, 5.74) is 1.30. The quantitative estimate of drug-likeness (QED) is 0.897. The van der Waals surface area contributed by atoms with Crippen LogP contribution >= 0.6 is 0 Å². The van der Waals surface area contributed by atoms with Crippen molar-refractivity contribution >= 4 is 0 Å². The average molecular weight is 274 g/mol. The van der Waals surface area contributed by atoms with Crippen LogP contribution in [0.15, 0.2) is 24.3 Å². The molecule has 0 radical (unpaired) electrons. The Kier molecular flexibility index (Phi) is 3.99. The van der Waals surface area contributed by atoms with E-state index in [0.29, 0.717) is 18.1 Å². The Morgan fingerprint density at radius 3 is 2.80 bits per heavy atom. The topological polar surface area (TPSA) is 24.5 Å². The van der Waals surface area contributed by atoms with Crippen molar-refractivity contribution in [2.45, 2.75) is 44.8 Å². The lowest BCUT2D eigenvalue weighted by Crippen LogP contribution is -2.55. The maximum atomic E-state index is 6.02. The molecule has 1 fully saturated rings. The molecule has 0 aliphatic carbocycles. The zero-order valence-corrected chi connectivity index (χ0v) is 12.8. The third-order valence-electron chi connectivity index (χ3n) is 4.95. The van der Waals surface area contributed by atoms with Crippen LogP contribution in [0.25, 0.3) is 0 Å². The third kappa shape index (κ3) is 2.45. The summed E-state index contributed by atoms with van der Waals surface area (Å²) in [5.74, 6) is 1.83. The van der Waals surface area contributed by atoms with Crippen molar-refractivity contribution in [2.75, 3.05) is 20.2 Å². The molecule has 0 bridgehead atoms. The second kappa shape index (κ2) is 5.74. The summed E-state index contributed by atoms with van der Waals surface area (Å²) in [6.45, 7) is 6.71. The van der Waals surface area contributed by atoms with Gasteiger partial charge in [-0.3, -0.25) is 4.90 Å². The second-order valence-corrected chi connectivity index (χ2v) is 6.41. The van der Waals surface area contributed by atoms with E-state index in [9.17, 15) is 0 Å². The first-order valence-corrected chi connectivity index (χ1v) is 7.85. The van der Waals surface area contributed by atoms with E-state index in [-0.39, 0.29) is 0 Å². The highest BCUT2D eigenvalue weighted by Gasteiger charge is 2.37. The SMILES string of the molecule is CNC1c2ccccc2OCC1N1CC(C)CCC1C. The lowest BCUT2D eigenvalue weighted by Gasteiger charge is -2.46. The smallest absolute Gasteiger partial charge is 0.124 e. The molecule has 2 aliphatic heterocycles. The van der Waals surface area contributed by atoms with E-state index in [4.69, 9.17) is 4.74 Å². The number of nitrogens with one attached hydrogen (secondary N) is 1. The maximum absolute atomic E-state index is 6.02. The number of hydrogen-bond donors (Lipinski definition) is 1. The largest absolute Gasteiger partial charge is 0.492 e. The Hall–Kier alpha value is -1.06. The van der Waals surface area contributed by atoms with Crippen molar-refractivity contribution < 1.29 is 4.74 Å². The maximum Gasteiger partial charge on any atom is 0.124 e. The van der Waals surface area contributed by atoms with Crippen LogP contribution in [0, 0.1) is 5.92 Å². The minimum atomic E-state index is 0.368. The minimum Gasteiger partial charge on any atom is -0.492 e. The standard InChI is InChI=1S/C17H26N2O/c1-12-8-9-13(2)19(10-12)15-11-20-16-7-5-4-6-14(16)17(15)18-3/h4-7,12-13,15,17-18H,8-11H2,1-3H3. The lowest BCUT2D eigenvalue weighted by molar-refractivity contribution is 0.0224. The molecule has 4 unspecified atom stereocenters. The van der Waals surface area contributed by atoms with E-state index in [0.717, 1.165) is 18.3 Å². The molecule has 2 aliphatic rings. The van der Waals surface area contributed by atoms with Gasteiger partial charge in [0.25, 0.3) is 0 Å². The summed E-state index contributed by atoms with van der Waals surface area (Å²) < 4.78 is 6.02. The van der Waals surface area contributed by atoms with Gasteiger partial charge in [0, 0.05) is 18.2 Å². The fourth-order valence-electron chi connectivity index (χ4n) is 3.77. The fraction of sp³-hybridized carbons (Fsp3) is 0.647. The van der Waals surface area contributed by atoms with Gasteiger partial charge in [0.2, 0.25) is 0 Å². The number of hydrogen-bond acceptors (Lipinski definition) is 3. The van der Waals surface area contributed by atoms with Gasteiger partial charge in [0.05, 0.1) is 12.1 Å². The van der Waals surface area contributed by atoms with Crippen LogP contribution in [-0.4, -0.2) is 37.2 Å². The molecule has 110 valence electrons. The van der Waals surface area contributed by atoms with Crippen molar-refractivity contribution in [3.8, 4) is 5.75 Å². The average Bonchev–Trinajstić information content (AvgIpc) is 2.48. The molecule has 3 nitrogen and oxygen atoms in total. The van der Waals surface area contributed by atoms with Gasteiger partial charge < -0.3 is 10.1 Å². The summed E-state index contributed by atoms with van der Waals surface area (Å²) in [6, 6.07) is 9.90. The predicted octanol–water partition coefficient (Wildman–Crippen LogP) is 2.83. The number of fused-ring (bicyclic) bond motifs is 1. The molecule has 3 rings (SSSR count). The van der Waals surface area contributed by atoms with Gasteiger partial charge in [-0.1, -0.05) is 25.1 Å². The van der Waals surface area contributed by atoms with Crippen LogP contribution in [0.4, 0.5) is 0 Å². The first-order chi connectivity index (χ1) is 9.70. The van der Waals surface area contributed by atoms with Crippen LogP contribution in [0.2, 0.25) is 0 Å². The Bertz CT molecular complexity index is 462. The van der Waals surface area contributed by atoms with Gasteiger partial charge in [0.15, 0.2) is 0 Å². The fourth-order valence-corrected chi connectivity index (χ4v) is 3.77. The number of likely N-dealkylation sites (tertiary alicyclic amines) is 1. The molecule has 0 amide bonds. The van der Waals surface area contributed by atoms with Gasteiger partial charge in [-0.15, -0.1) is 0 Å². The minimum absolute atomic E-state index is 0.368. The lowest BCUT2D eigenvalue weighted by atomic mass is 9.89. The number of benzene rings is 1. The van der Waals surface area contributed by atoms with Gasteiger partial charge in [0.1, 0.15) is 12.4 Å². The molecule has 1 aromatic rings. The first kappa shape index (κ1) is 13.9. The Morgan fingerprint density at radius 1 is 1.20 bits per heavy atom. The molecule has 2 heterocycles. The van der Waals surface area contributed by atoms with Gasteiger partial charge in [-0.2, -0.15) is 0 Å². The van der Waals surface area contributed by atoms with Crippen LogP contribution in [0.1, 0.15) is 38.3 Å². The molecular formula is C17H26N2O. The van der Waals surface area contributed by atoms with Crippen molar-refractivity contribution in [3.63, 3.8) is 0 Å². The highest BCUT2D eigenvalue weighted by atomic mass is 16.5. The number of ether oxygens (including phenoxy) is 1. The molecular weight excluding hydrogens is 248 g/mol. The molecule has 20 heavy (non-hydrogen) atoms. The van der Waals surface area contributed by atoms with Gasteiger partial charge in [-0.25, -0.2) is 0 Å². The normalized spacial score (nSPS) is 34.4. The van der Waals surface area contributed by atoms with E-state index < -0.39 is 0 Å². The molecule has 3 heteroatoms. The highest BCUT2D eigenvalue weighted by molar-refractivity contribution is 5.38. The van der Waals surface area contributed by atoms with E-state index in [1.165, 1.54) is 24.9 Å².